The third-order valence-electron chi connectivity index (χ3n) is 3.49. The molecule has 2 heterocycles. The average molecular weight is 341 g/mol. The molecular formula is C12H13BrN4O3. The smallest absolute Gasteiger partial charge is 0.151 e. The minimum Gasteiger partial charge on any atom is -0.396 e. The molecule has 0 radical (unpaired) electrons. The number of anilines is 1. The molecule has 0 saturated heterocycles. The fourth-order valence-electron chi connectivity index (χ4n) is 2.42. The Bertz CT molecular complexity index is 699. The molecule has 0 aromatic carbocycles. The van der Waals surface area contributed by atoms with Gasteiger partial charge in [0.1, 0.15) is 17.9 Å². The summed E-state index contributed by atoms with van der Waals surface area (Å²) >= 11 is 3.38. The minimum atomic E-state index is -1.09. The number of hydrogen-bond donors (Lipinski definition) is 4. The van der Waals surface area contributed by atoms with Gasteiger partial charge in [-0.25, -0.2) is 9.97 Å². The number of aliphatic hydroxyl groups excluding tert-OH is 3. The number of aliphatic hydroxyl groups is 3. The summed E-state index contributed by atoms with van der Waals surface area (Å²) in [6, 6.07) is 0. The second-order valence-corrected chi connectivity index (χ2v) is 5.53. The van der Waals surface area contributed by atoms with E-state index < -0.39 is 18.1 Å². The van der Waals surface area contributed by atoms with Crippen molar-refractivity contribution in [2.45, 2.75) is 12.2 Å². The molecule has 3 rings (SSSR count). The molecule has 1 aliphatic rings. The lowest BCUT2D eigenvalue weighted by Crippen LogP contribution is -2.30. The van der Waals surface area contributed by atoms with Crippen molar-refractivity contribution in [3.05, 3.63) is 23.1 Å². The van der Waals surface area contributed by atoms with Crippen molar-refractivity contribution in [3.63, 3.8) is 0 Å². The largest absolute Gasteiger partial charge is 0.396 e. The molecule has 0 spiro atoms. The second kappa shape index (κ2) is 4.81. The zero-order chi connectivity index (χ0) is 14.4. The summed E-state index contributed by atoms with van der Waals surface area (Å²) < 4.78 is 2.32. The Balaban J connectivity index is 2.19. The van der Waals surface area contributed by atoms with E-state index in [9.17, 15) is 15.3 Å². The van der Waals surface area contributed by atoms with E-state index in [0.717, 1.165) is 0 Å². The molecule has 1 aliphatic carbocycles. The first-order chi connectivity index (χ1) is 9.54. The van der Waals surface area contributed by atoms with Crippen molar-refractivity contribution in [1.29, 1.82) is 0 Å². The molecule has 20 heavy (non-hydrogen) atoms. The van der Waals surface area contributed by atoms with Crippen LogP contribution in [0.25, 0.3) is 16.7 Å². The number of aromatic nitrogens is 3. The van der Waals surface area contributed by atoms with Crippen molar-refractivity contribution in [3.8, 4) is 0 Å². The van der Waals surface area contributed by atoms with E-state index in [1.807, 2.05) is 0 Å². The second-order valence-electron chi connectivity index (χ2n) is 4.68. The summed E-state index contributed by atoms with van der Waals surface area (Å²) in [4.78, 5) is 8.18. The monoisotopic (exact) mass is 340 g/mol. The van der Waals surface area contributed by atoms with Gasteiger partial charge in [0.25, 0.3) is 0 Å². The van der Waals surface area contributed by atoms with E-state index in [0.29, 0.717) is 21.2 Å². The maximum atomic E-state index is 10.1. The van der Waals surface area contributed by atoms with Crippen LogP contribution in [0.2, 0.25) is 0 Å². The molecule has 8 heteroatoms. The van der Waals surface area contributed by atoms with E-state index in [1.165, 1.54) is 6.33 Å². The van der Waals surface area contributed by atoms with Crippen LogP contribution in [0.1, 0.15) is 0 Å². The van der Waals surface area contributed by atoms with Crippen LogP contribution < -0.4 is 5.73 Å². The molecular weight excluding hydrogens is 328 g/mol. The van der Waals surface area contributed by atoms with Crippen LogP contribution in [0.3, 0.4) is 0 Å². The van der Waals surface area contributed by atoms with Crippen molar-refractivity contribution in [1.82, 2.24) is 14.5 Å². The average Bonchev–Trinajstić information content (AvgIpc) is 2.99. The zero-order valence-corrected chi connectivity index (χ0v) is 11.9. The van der Waals surface area contributed by atoms with Gasteiger partial charge in [0.15, 0.2) is 5.82 Å². The number of halogens is 1. The number of nitrogens with two attached hydrogens (primary N) is 1. The molecule has 2 aromatic rings. The summed E-state index contributed by atoms with van der Waals surface area (Å²) in [7, 11) is 0. The van der Waals surface area contributed by atoms with Gasteiger partial charge in [-0.3, -0.25) is 4.57 Å². The van der Waals surface area contributed by atoms with Crippen LogP contribution in [0.4, 0.5) is 5.82 Å². The predicted molar refractivity (Wildman–Crippen MR) is 76.5 cm³/mol. The van der Waals surface area contributed by atoms with Gasteiger partial charge in [-0.2, -0.15) is 0 Å². The SMILES string of the molecule is Nc1ncc(Br)c2c1ncn2C1=C[C@H](CO)[C@@H](O)[C@H]1O. The summed E-state index contributed by atoms with van der Waals surface area (Å²) in [6.07, 6.45) is 2.57. The summed E-state index contributed by atoms with van der Waals surface area (Å²) in [5.74, 6) is -0.218. The highest BCUT2D eigenvalue weighted by atomic mass is 79.9. The van der Waals surface area contributed by atoms with Gasteiger partial charge < -0.3 is 21.1 Å². The summed E-state index contributed by atoms with van der Waals surface area (Å²) in [5, 5.41) is 29.2. The molecule has 0 fully saturated rings. The maximum absolute atomic E-state index is 10.1. The van der Waals surface area contributed by atoms with Crippen LogP contribution in [-0.2, 0) is 0 Å². The highest BCUT2D eigenvalue weighted by molar-refractivity contribution is 9.10. The number of hydrogen-bond acceptors (Lipinski definition) is 6. The molecule has 0 amide bonds. The Hall–Kier alpha value is -1.48. The van der Waals surface area contributed by atoms with Gasteiger partial charge in [0.05, 0.1) is 28.4 Å². The molecule has 0 saturated carbocycles. The molecule has 0 unspecified atom stereocenters. The zero-order valence-electron chi connectivity index (χ0n) is 10.3. The van der Waals surface area contributed by atoms with Gasteiger partial charge in [-0.1, -0.05) is 6.08 Å². The predicted octanol–water partition coefficient (Wildman–Crippen LogP) is -0.0392. The van der Waals surface area contributed by atoms with Gasteiger partial charge in [-0.05, 0) is 15.9 Å². The van der Waals surface area contributed by atoms with Gasteiger partial charge >= 0.3 is 0 Å². The van der Waals surface area contributed by atoms with Crippen LogP contribution in [0.5, 0.6) is 0 Å². The van der Waals surface area contributed by atoms with E-state index in [4.69, 9.17) is 5.73 Å². The quantitative estimate of drug-likeness (QED) is 0.609. The van der Waals surface area contributed by atoms with Crippen LogP contribution in [0.15, 0.2) is 23.1 Å². The first-order valence-corrected chi connectivity index (χ1v) is 6.80. The molecule has 5 N–H and O–H groups in total. The highest BCUT2D eigenvalue weighted by Crippen LogP contribution is 2.34. The number of nitrogen functional groups attached to an aromatic ring is 1. The fourth-order valence-corrected chi connectivity index (χ4v) is 2.90. The maximum Gasteiger partial charge on any atom is 0.151 e. The van der Waals surface area contributed by atoms with E-state index in [1.54, 1.807) is 16.8 Å². The molecule has 7 nitrogen and oxygen atoms in total. The Labute approximate surface area is 122 Å². The highest BCUT2D eigenvalue weighted by Gasteiger charge is 2.35. The topological polar surface area (TPSA) is 117 Å². The minimum absolute atomic E-state index is 0.237. The Morgan fingerprint density at radius 3 is 2.75 bits per heavy atom. The Morgan fingerprint density at radius 2 is 2.10 bits per heavy atom. The van der Waals surface area contributed by atoms with E-state index >= 15 is 0 Å². The van der Waals surface area contributed by atoms with Crippen LogP contribution >= 0.6 is 15.9 Å². The summed E-state index contributed by atoms with van der Waals surface area (Å²) in [6.45, 7) is -0.237. The van der Waals surface area contributed by atoms with Crippen LogP contribution in [0, 0.1) is 5.92 Å². The van der Waals surface area contributed by atoms with Crippen molar-refractivity contribution in [2.24, 2.45) is 5.92 Å². The van der Waals surface area contributed by atoms with E-state index in [-0.39, 0.29) is 12.4 Å². The molecule has 2 aromatic heterocycles. The van der Waals surface area contributed by atoms with Crippen LogP contribution in [-0.4, -0.2) is 48.7 Å². The number of imidazole rings is 1. The number of nitrogens with zero attached hydrogens (tertiary/aromatic N) is 3. The lowest BCUT2D eigenvalue weighted by atomic mass is 10.1. The molecule has 106 valence electrons. The molecule has 0 aliphatic heterocycles. The standard InChI is InChI=1S/C12H13BrN4O3/c13-6-2-15-12(14)8-9(6)17(4-16-8)7-1-5(3-18)10(19)11(7)20/h1-2,4-5,10-11,18-20H,3H2,(H2,14,15)/t5-,10-,11+/m1/s1. The van der Waals surface area contributed by atoms with E-state index in [2.05, 4.69) is 25.9 Å². The Kier molecular flexibility index (Phi) is 3.25. The van der Waals surface area contributed by atoms with Crippen molar-refractivity contribution < 1.29 is 15.3 Å². The lowest BCUT2D eigenvalue weighted by Gasteiger charge is -2.16. The first-order valence-electron chi connectivity index (χ1n) is 6.00. The lowest BCUT2D eigenvalue weighted by molar-refractivity contribution is 0.0199. The third kappa shape index (κ3) is 1.84. The summed E-state index contributed by atoms with van der Waals surface area (Å²) in [5.41, 5.74) is 7.41. The first kappa shape index (κ1) is 13.5. The number of fused-ring (bicyclic) bond motifs is 1. The molecule has 3 atom stereocenters. The van der Waals surface area contributed by atoms with Gasteiger partial charge in [0, 0.05) is 12.1 Å². The third-order valence-corrected chi connectivity index (χ3v) is 4.07. The van der Waals surface area contributed by atoms with Gasteiger partial charge in [-0.15, -0.1) is 0 Å². The normalized spacial score (nSPS) is 26.2. The van der Waals surface area contributed by atoms with Crippen molar-refractivity contribution in [2.75, 3.05) is 12.3 Å². The van der Waals surface area contributed by atoms with Gasteiger partial charge in [0.2, 0.25) is 0 Å². The number of pyridine rings is 1. The van der Waals surface area contributed by atoms with Crippen molar-refractivity contribution >= 4 is 38.5 Å². The molecule has 0 bridgehead atoms. The number of rotatable bonds is 2. The fraction of sp³-hybridized carbons (Fsp3) is 0.333. The Morgan fingerprint density at radius 1 is 1.35 bits per heavy atom.